The molecule has 0 N–H and O–H groups in total. The number of hydrogen-bond donors (Lipinski definition) is 0. The van der Waals surface area contributed by atoms with Crippen molar-refractivity contribution in [1.29, 1.82) is 0 Å². The van der Waals surface area contributed by atoms with Crippen LogP contribution in [0.25, 0.3) is 11.0 Å². The Labute approximate surface area is 167 Å². The molecule has 7 heteroatoms. The molecule has 0 aliphatic carbocycles. The van der Waals surface area contributed by atoms with E-state index in [4.69, 9.17) is 9.15 Å². The van der Waals surface area contributed by atoms with Gasteiger partial charge in [-0.3, -0.25) is 9.69 Å². The molecule has 1 aromatic heterocycles. The zero-order valence-electron chi connectivity index (χ0n) is 16.1. The van der Waals surface area contributed by atoms with E-state index < -0.39 is 5.63 Å². The lowest BCUT2D eigenvalue weighted by atomic mass is 10.1. The topological polar surface area (TPSA) is 63.0 Å². The Morgan fingerprint density at radius 2 is 1.90 bits per heavy atom. The maximum absolute atomic E-state index is 13.4. The molecule has 0 saturated carbocycles. The van der Waals surface area contributed by atoms with Crippen LogP contribution in [0.3, 0.4) is 0 Å². The maximum atomic E-state index is 13.4. The average molecular weight is 396 g/mol. The normalized spacial score (nSPS) is 14.9. The van der Waals surface area contributed by atoms with Gasteiger partial charge in [0.2, 0.25) is 0 Å². The largest absolute Gasteiger partial charge is 0.497 e. The Kier molecular flexibility index (Phi) is 5.31. The molecule has 2 heterocycles. The third-order valence-corrected chi connectivity index (χ3v) is 5.14. The fourth-order valence-electron chi connectivity index (χ4n) is 3.62. The van der Waals surface area contributed by atoms with Crippen LogP contribution in [0.1, 0.15) is 15.9 Å². The molecule has 0 bridgehead atoms. The molecule has 3 aromatic rings. The van der Waals surface area contributed by atoms with E-state index in [1.165, 1.54) is 25.3 Å². The fraction of sp³-hybridized carbons (Fsp3) is 0.273. The Balaban J connectivity index is 1.49. The second-order valence-electron chi connectivity index (χ2n) is 7.04. The SMILES string of the molecule is COc1ccc2c(C(=O)N3CCN(Cc4cccc(F)c4)CC3)cc(=O)oc2c1. The van der Waals surface area contributed by atoms with Crippen molar-refractivity contribution in [3.05, 3.63) is 75.9 Å². The van der Waals surface area contributed by atoms with Crippen LogP contribution in [0, 0.1) is 5.82 Å². The summed E-state index contributed by atoms with van der Waals surface area (Å²) in [5.74, 6) is 0.109. The summed E-state index contributed by atoms with van der Waals surface area (Å²) >= 11 is 0. The summed E-state index contributed by atoms with van der Waals surface area (Å²) in [4.78, 5) is 29.0. The van der Waals surface area contributed by atoms with E-state index in [1.54, 1.807) is 29.2 Å². The van der Waals surface area contributed by atoms with Gasteiger partial charge in [0, 0.05) is 50.2 Å². The predicted octanol–water partition coefficient (Wildman–Crippen LogP) is 2.90. The highest BCUT2D eigenvalue weighted by molar-refractivity contribution is 6.05. The molecule has 0 radical (unpaired) electrons. The molecule has 0 unspecified atom stereocenters. The van der Waals surface area contributed by atoms with Gasteiger partial charge in [-0.25, -0.2) is 9.18 Å². The molecule has 6 nitrogen and oxygen atoms in total. The molecule has 0 atom stereocenters. The Morgan fingerprint density at radius 1 is 1.10 bits per heavy atom. The molecule has 4 rings (SSSR count). The standard InChI is InChI=1S/C22H21FN2O4/c1-28-17-5-6-18-19(13-21(26)29-20(18)12-17)22(27)25-9-7-24(8-10-25)14-15-3-2-4-16(23)11-15/h2-6,11-13H,7-10,14H2,1H3. The molecule has 1 aliphatic heterocycles. The molecule has 1 fully saturated rings. The second-order valence-corrected chi connectivity index (χ2v) is 7.04. The quantitative estimate of drug-likeness (QED) is 0.635. The lowest BCUT2D eigenvalue weighted by molar-refractivity contribution is 0.0629. The van der Waals surface area contributed by atoms with Crippen LogP contribution in [0.4, 0.5) is 4.39 Å². The van der Waals surface area contributed by atoms with Crippen LogP contribution in [0.2, 0.25) is 0 Å². The van der Waals surface area contributed by atoms with Gasteiger partial charge in [-0.05, 0) is 29.8 Å². The number of hydrogen-bond acceptors (Lipinski definition) is 5. The highest BCUT2D eigenvalue weighted by atomic mass is 19.1. The van der Waals surface area contributed by atoms with Crippen molar-refractivity contribution in [3.63, 3.8) is 0 Å². The molecule has 29 heavy (non-hydrogen) atoms. The van der Waals surface area contributed by atoms with Gasteiger partial charge < -0.3 is 14.1 Å². The zero-order chi connectivity index (χ0) is 20.4. The number of rotatable bonds is 4. The summed E-state index contributed by atoms with van der Waals surface area (Å²) in [6.45, 7) is 3.06. The van der Waals surface area contributed by atoms with Gasteiger partial charge in [0.1, 0.15) is 17.1 Å². The number of nitrogens with zero attached hydrogens (tertiary/aromatic N) is 2. The van der Waals surface area contributed by atoms with Gasteiger partial charge in [-0.2, -0.15) is 0 Å². The molecule has 1 amide bonds. The number of carbonyl (C=O) groups is 1. The van der Waals surface area contributed by atoms with E-state index in [1.807, 2.05) is 6.07 Å². The van der Waals surface area contributed by atoms with Crippen LogP contribution < -0.4 is 10.4 Å². The molecule has 2 aromatic carbocycles. The number of carbonyl (C=O) groups excluding carboxylic acids is 1. The minimum absolute atomic E-state index is 0.196. The Morgan fingerprint density at radius 3 is 2.62 bits per heavy atom. The van der Waals surface area contributed by atoms with E-state index in [9.17, 15) is 14.0 Å². The van der Waals surface area contributed by atoms with Gasteiger partial charge >= 0.3 is 5.63 Å². The van der Waals surface area contributed by atoms with E-state index >= 15 is 0 Å². The number of benzene rings is 2. The van der Waals surface area contributed by atoms with Crippen molar-refractivity contribution in [1.82, 2.24) is 9.80 Å². The lowest BCUT2D eigenvalue weighted by Gasteiger charge is -2.35. The van der Waals surface area contributed by atoms with E-state index in [2.05, 4.69) is 4.90 Å². The smallest absolute Gasteiger partial charge is 0.337 e. The first-order chi connectivity index (χ1) is 14.0. The molecule has 1 aliphatic rings. The van der Waals surface area contributed by atoms with Crippen molar-refractivity contribution in [2.75, 3.05) is 33.3 Å². The van der Waals surface area contributed by atoms with E-state index in [0.717, 1.165) is 5.56 Å². The van der Waals surface area contributed by atoms with Crippen LogP contribution in [0.5, 0.6) is 5.75 Å². The number of methoxy groups -OCH3 is 1. The van der Waals surface area contributed by atoms with Gasteiger partial charge in [0.15, 0.2) is 0 Å². The summed E-state index contributed by atoms with van der Waals surface area (Å²) in [7, 11) is 1.53. The first-order valence-corrected chi connectivity index (χ1v) is 9.41. The molecular weight excluding hydrogens is 375 g/mol. The van der Waals surface area contributed by atoms with Gasteiger partial charge in [-0.1, -0.05) is 12.1 Å². The molecule has 1 saturated heterocycles. The highest BCUT2D eigenvalue weighted by Crippen LogP contribution is 2.24. The first-order valence-electron chi connectivity index (χ1n) is 9.41. The minimum atomic E-state index is -0.571. The minimum Gasteiger partial charge on any atom is -0.497 e. The third kappa shape index (κ3) is 4.14. The summed E-state index contributed by atoms with van der Waals surface area (Å²) in [5, 5.41) is 0.581. The van der Waals surface area contributed by atoms with Crippen LogP contribution >= 0.6 is 0 Å². The average Bonchev–Trinajstić information content (AvgIpc) is 2.72. The second kappa shape index (κ2) is 8.05. The summed E-state index contributed by atoms with van der Waals surface area (Å²) < 4.78 is 23.8. The maximum Gasteiger partial charge on any atom is 0.337 e. The first kappa shape index (κ1) is 19.1. The van der Waals surface area contributed by atoms with Crippen molar-refractivity contribution in [3.8, 4) is 5.75 Å². The van der Waals surface area contributed by atoms with Crippen LogP contribution in [-0.4, -0.2) is 49.0 Å². The number of halogens is 1. The Hall–Kier alpha value is -3.19. The van der Waals surface area contributed by atoms with Crippen molar-refractivity contribution >= 4 is 16.9 Å². The molecular formula is C22H21FN2O4. The molecule has 0 spiro atoms. The summed E-state index contributed by atoms with van der Waals surface area (Å²) in [5.41, 5.74) is 0.992. The lowest BCUT2D eigenvalue weighted by Crippen LogP contribution is -2.48. The summed E-state index contributed by atoms with van der Waals surface area (Å²) in [6.07, 6.45) is 0. The monoisotopic (exact) mass is 396 g/mol. The fourth-order valence-corrected chi connectivity index (χ4v) is 3.62. The summed E-state index contributed by atoms with van der Waals surface area (Å²) in [6, 6.07) is 12.9. The van der Waals surface area contributed by atoms with Crippen molar-refractivity contribution < 1.29 is 18.3 Å². The van der Waals surface area contributed by atoms with Gasteiger partial charge in [0.25, 0.3) is 5.91 Å². The number of piperazine rings is 1. The van der Waals surface area contributed by atoms with E-state index in [0.29, 0.717) is 55.0 Å². The third-order valence-electron chi connectivity index (χ3n) is 5.14. The number of ether oxygens (including phenoxy) is 1. The molecule has 150 valence electrons. The van der Waals surface area contributed by atoms with Crippen LogP contribution in [0.15, 0.2) is 57.7 Å². The van der Waals surface area contributed by atoms with Crippen LogP contribution in [-0.2, 0) is 6.54 Å². The predicted molar refractivity (Wildman–Crippen MR) is 107 cm³/mol. The van der Waals surface area contributed by atoms with E-state index in [-0.39, 0.29) is 11.7 Å². The number of amides is 1. The Bertz CT molecular complexity index is 1100. The van der Waals surface area contributed by atoms with Crippen molar-refractivity contribution in [2.24, 2.45) is 0 Å². The number of fused-ring (bicyclic) bond motifs is 1. The van der Waals surface area contributed by atoms with Gasteiger partial charge in [0.05, 0.1) is 12.7 Å². The highest BCUT2D eigenvalue weighted by Gasteiger charge is 2.24. The zero-order valence-corrected chi connectivity index (χ0v) is 16.1. The van der Waals surface area contributed by atoms with Gasteiger partial charge in [-0.15, -0.1) is 0 Å². The van der Waals surface area contributed by atoms with Crippen molar-refractivity contribution in [2.45, 2.75) is 6.54 Å².